The maximum atomic E-state index is 9.08. The minimum absolute atomic E-state index is 0.113. The number of nitrogens with one attached hydrogen (secondary N) is 1. The zero-order valence-electron chi connectivity index (χ0n) is 11.2. The summed E-state index contributed by atoms with van der Waals surface area (Å²) in [6.07, 6.45) is 2.26. The van der Waals surface area contributed by atoms with Crippen molar-refractivity contribution in [3.8, 4) is 0 Å². The number of hydrogen-bond donors (Lipinski definition) is 2. The van der Waals surface area contributed by atoms with Gasteiger partial charge in [-0.2, -0.15) is 0 Å². The van der Waals surface area contributed by atoms with E-state index in [4.69, 9.17) is 5.11 Å². The molecule has 0 unspecified atom stereocenters. The minimum Gasteiger partial charge on any atom is -0.392 e. The molecule has 2 aromatic carbocycles. The summed E-state index contributed by atoms with van der Waals surface area (Å²) in [5.41, 5.74) is 3.60. The normalized spacial score (nSPS) is 10.6. The molecule has 0 saturated heterocycles. The Kier molecular flexibility index (Phi) is 5.60. The van der Waals surface area contributed by atoms with E-state index in [0.29, 0.717) is 0 Å². The maximum absolute atomic E-state index is 9.08. The average molecular weight is 255 g/mol. The smallest absolute Gasteiger partial charge is 0.0681 e. The Morgan fingerprint density at radius 2 is 1.58 bits per heavy atom. The van der Waals surface area contributed by atoms with Crippen LogP contribution in [0.1, 0.15) is 23.1 Å². The quantitative estimate of drug-likeness (QED) is 0.746. The molecule has 0 aliphatic rings. The summed E-state index contributed by atoms with van der Waals surface area (Å²) in [5, 5.41) is 12.5. The first-order valence-electron chi connectivity index (χ1n) is 6.82. The molecule has 100 valence electrons. The first-order chi connectivity index (χ1) is 9.38. The van der Waals surface area contributed by atoms with E-state index < -0.39 is 0 Å². The molecule has 2 rings (SSSR count). The van der Waals surface area contributed by atoms with E-state index in [0.717, 1.165) is 31.5 Å². The van der Waals surface area contributed by atoms with Crippen molar-refractivity contribution in [3.05, 3.63) is 71.3 Å². The van der Waals surface area contributed by atoms with Crippen LogP contribution in [-0.2, 0) is 19.6 Å². The molecule has 0 amide bonds. The molecule has 0 atom stereocenters. The van der Waals surface area contributed by atoms with E-state index in [1.165, 1.54) is 11.1 Å². The largest absolute Gasteiger partial charge is 0.392 e. The van der Waals surface area contributed by atoms with Crippen LogP contribution in [0.5, 0.6) is 0 Å². The van der Waals surface area contributed by atoms with E-state index in [1.807, 2.05) is 18.2 Å². The third-order valence-corrected chi connectivity index (χ3v) is 3.16. The van der Waals surface area contributed by atoms with Gasteiger partial charge >= 0.3 is 0 Å². The monoisotopic (exact) mass is 255 g/mol. The summed E-state index contributed by atoms with van der Waals surface area (Å²) in [6, 6.07) is 18.6. The van der Waals surface area contributed by atoms with E-state index >= 15 is 0 Å². The predicted octanol–water partition coefficient (Wildman–Crippen LogP) is 2.90. The van der Waals surface area contributed by atoms with Gasteiger partial charge in [0, 0.05) is 6.54 Å². The Labute approximate surface area is 115 Å². The molecule has 0 radical (unpaired) electrons. The Hall–Kier alpha value is -1.64. The maximum Gasteiger partial charge on any atom is 0.0681 e. The van der Waals surface area contributed by atoms with E-state index in [2.05, 4.69) is 41.7 Å². The van der Waals surface area contributed by atoms with Crippen LogP contribution in [0, 0.1) is 0 Å². The summed E-state index contributed by atoms with van der Waals surface area (Å²) in [4.78, 5) is 0. The van der Waals surface area contributed by atoms with Crippen molar-refractivity contribution in [1.82, 2.24) is 5.32 Å². The number of hydrogen-bond acceptors (Lipinski definition) is 2. The van der Waals surface area contributed by atoms with Crippen molar-refractivity contribution < 1.29 is 5.11 Å². The van der Waals surface area contributed by atoms with Crippen LogP contribution in [0.25, 0.3) is 0 Å². The van der Waals surface area contributed by atoms with Gasteiger partial charge < -0.3 is 10.4 Å². The molecule has 2 N–H and O–H groups in total. The molecular weight excluding hydrogens is 234 g/mol. The highest BCUT2D eigenvalue weighted by atomic mass is 16.3. The van der Waals surface area contributed by atoms with Gasteiger partial charge in [0.05, 0.1) is 6.61 Å². The fraction of sp³-hybridized carbons (Fsp3) is 0.294. The Morgan fingerprint density at radius 1 is 0.842 bits per heavy atom. The van der Waals surface area contributed by atoms with Gasteiger partial charge in [0.25, 0.3) is 0 Å². The van der Waals surface area contributed by atoms with Gasteiger partial charge in [0.2, 0.25) is 0 Å². The zero-order chi connectivity index (χ0) is 13.3. The lowest BCUT2D eigenvalue weighted by molar-refractivity contribution is 0.281. The Morgan fingerprint density at radius 3 is 2.37 bits per heavy atom. The van der Waals surface area contributed by atoms with Crippen molar-refractivity contribution >= 4 is 0 Å². The van der Waals surface area contributed by atoms with Gasteiger partial charge in [-0.05, 0) is 36.1 Å². The molecule has 2 heteroatoms. The van der Waals surface area contributed by atoms with Crippen LogP contribution in [-0.4, -0.2) is 11.7 Å². The van der Waals surface area contributed by atoms with Gasteiger partial charge in [0.15, 0.2) is 0 Å². The fourth-order valence-corrected chi connectivity index (χ4v) is 2.13. The highest BCUT2D eigenvalue weighted by Crippen LogP contribution is 2.05. The molecule has 2 nitrogen and oxygen atoms in total. The number of rotatable bonds is 7. The van der Waals surface area contributed by atoms with Crippen LogP contribution in [0.15, 0.2) is 54.6 Å². The molecule has 0 fully saturated rings. The SMILES string of the molecule is OCc1cccc(CNCCCc2ccccc2)c1. The van der Waals surface area contributed by atoms with E-state index in [1.54, 1.807) is 0 Å². The van der Waals surface area contributed by atoms with Crippen molar-refractivity contribution in [3.63, 3.8) is 0 Å². The van der Waals surface area contributed by atoms with Crippen molar-refractivity contribution in [2.75, 3.05) is 6.54 Å². The van der Waals surface area contributed by atoms with Crippen LogP contribution in [0.4, 0.5) is 0 Å². The standard InChI is InChI=1S/C17H21NO/c19-14-17-9-4-8-16(12-17)13-18-11-5-10-15-6-2-1-3-7-15/h1-4,6-9,12,18-19H,5,10-11,13-14H2. The predicted molar refractivity (Wildman–Crippen MR) is 78.8 cm³/mol. The molecule has 0 saturated carbocycles. The van der Waals surface area contributed by atoms with E-state index in [9.17, 15) is 0 Å². The molecule has 0 heterocycles. The lowest BCUT2D eigenvalue weighted by atomic mass is 10.1. The summed E-state index contributed by atoms with van der Waals surface area (Å²) >= 11 is 0. The Balaban J connectivity index is 1.66. The number of aryl methyl sites for hydroxylation is 1. The van der Waals surface area contributed by atoms with Gasteiger partial charge in [-0.15, -0.1) is 0 Å². The molecule has 0 aliphatic heterocycles. The summed E-state index contributed by atoms with van der Waals surface area (Å²) < 4.78 is 0. The summed E-state index contributed by atoms with van der Waals surface area (Å²) in [5.74, 6) is 0. The highest BCUT2D eigenvalue weighted by Gasteiger charge is 1.96. The third-order valence-electron chi connectivity index (χ3n) is 3.16. The lowest BCUT2D eigenvalue weighted by Gasteiger charge is -2.06. The summed E-state index contributed by atoms with van der Waals surface area (Å²) in [6.45, 7) is 1.99. The molecule has 0 aromatic heterocycles. The van der Waals surface area contributed by atoms with E-state index in [-0.39, 0.29) is 6.61 Å². The molecule has 0 aliphatic carbocycles. The topological polar surface area (TPSA) is 32.3 Å². The van der Waals surface area contributed by atoms with Gasteiger partial charge in [-0.25, -0.2) is 0 Å². The zero-order valence-corrected chi connectivity index (χ0v) is 11.2. The van der Waals surface area contributed by atoms with Crippen LogP contribution in [0.3, 0.4) is 0 Å². The van der Waals surface area contributed by atoms with Crippen LogP contribution >= 0.6 is 0 Å². The summed E-state index contributed by atoms with van der Waals surface area (Å²) in [7, 11) is 0. The van der Waals surface area contributed by atoms with Gasteiger partial charge in [-0.3, -0.25) is 0 Å². The minimum atomic E-state index is 0.113. The highest BCUT2D eigenvalue weighted by molar-refractivity contribution is 5.22. The lowest BCUT2D eigenvalue weighted by Crippen LogP contribution is -2.15. The fourth-order valence-electron chi connectivity index (χ4n) is 2.13. The number of benzene rings is 2. The average Bonchev–Trinajstić information content (AvgIpc) is 2.48. The van der Waals surface area contributed by atoms with Gasteiger partial charge in [-0.1, -0.05) is 54.6 Å². The second kappa shape index (κ2) is 7.72. The number of aliphatic hydroxyl groups is 1. The third kappa shape index (κ3) is 4.86. The first kappa shape index (κ1) is 13.8. The second-order valence-electron chi connectivity index (χ2n) is 4.74. The van der Waals surface area contributed by atoms with Crippen molar-refractivity contribution in [2.24, 2.45) is 0 Å². The molecule has 0 spiro atoms. The van der Waals surface area contributed by atoms with Gasteiger partial charge in [0.1, 0.15) is 0 Å². The second-order valence-corrected chi connectivity index (χ2v) is 4.74. The Bertz CT molecular complexity index is 482. The molecule has 2 aromatic rings. The molecular formula is C17H21NO. The van der Waals surface area contributed by atoms with Crippen molar-refractivity contribution in [1.29, 1.82) is 0 Å². The molecule has 19 heavy (non-hydrogen) atoms. The van der Waals surface area contributed by atoms with Crippen LogP contribution in [0.2, 0.25) is 0 Å². The number of aliphatic hydroxyl groups excluding tert-OH is 1. The van der Waals surface area contributed by atoms with Crippen molar-refractivity contribution in [2.45, 2.75) is 26.0 Å². The molecule has 0 bridgehead atoms. The first-order valence-corrected chi connectivity index (χ1v) is 6.82. The van der Waals surface area contributed by atoms with Crippen LogP contribution < -0.4 is 5.32 Å².